The summed E-state index contributed by atoms with van der Waals surface area (Å²) in [6.45, 7) is 5.99. The molecular weight excluding hydrogens is 360 g/mol. The first-order chi connectivity index (χ1) is 13.1. The number of carbonyl (C=O) groups is 2. The largest absolute Gasteiger partial charge is 0.352 e. The van der Waals surface area contributed by atoms with Crippen molar-refractivity contribution in [1.29, 1.82) is 0 Å². The van der Waals surface area contributed by atoms with Crippen LogP contribution in [0.5, 0.6) is 0 Å². The number of hydrogen-bond donors (Lipinski definition) is 2. The fraction of sp³-hybridized carbons (Fsp3) is 0.400. The lowest BCUT2D eigenvalue weighted by molar-refractivity contribution is 0.0950. The second kappa shape index (κ2) is 9.64. The second-order valence-electron chi connectivity index (χ2n) is 6.77. The number of nitrogens with zero attached hydrogens (tertiary/aromatic N) is 2. The van der Waals surface area contributed by atoms with Gasteiger partial charge in [-0.3, -0.25) is 9.59 Å². The molecule has 1 aliphatic rings. The van der Waals surface area contributed by atoms with Crippen LogP contribution in [0.4, 0.5) is 5.69 Å². The van der Waals surface area contributed by atoms with Crippen molar-refractivity contribution >= 4 is 28.8 Å². The van der Waals surface area contributed by atoms with Gasteiger partial charge >= 0.3 is 0 Å². The van der Waals surface area contributed by atoms with E-state index in [0.717, 1.165) is 39.1 Å². The van der Waals surface area contributed by atoms with Crippen LogP contribution in [-0.4, -0.2) is 67.9 Å². The minimum atomic E-state index is -0.202. The molecule has 0 spiro atoms. The van der Waals surface area contributed by atoms with Crippen LogP contribution in [0.3, 0.4) is 0 Å². The number of carbonyl (C=O) groups excluding carboxylic acids is 2. The van der Waals surface area contributed by atoms with Gasteiger partial charge in [0.1, 0.15) is 0 Å². The van der Waals surface area contributed by atoms with Gasteiger partial charge in [-0.1, -0.05) is 12.1 Å². The lowest BCUT2D eigenvalue weighted by Gasteiger charge is -2.32. The molecule has 27 heavy (non-hydrogen) atoms. The highest BCUT2D eigenvalue weighted by molar-refractivity contribution is 7.08. The first-order valence-electron chi connectivity index (χ1n) is 9.25. The van der Waals surface area contributed by atoms with Crippen LogP contribution in [0.25, 0.3) is 0 Å². The third kappa shape index (κ3) is 5.63. The van der Waals surface area contributed by atoms with E-state index in [9.17, 15) is 9.59 Å². The third-order valence-electron chi connectivity index (χ3n) is 4.74. The van der Waals surface area contributed by atoms with Crippen LogP contribution in [-0.2, 0) is 0 Å². The molecule has 2 amide bonds. The normalized spacial score (nSPS) is 15.4. The molecule has 0 bridgehead atoms. The van der Waals surface area contributed by atoms with Crippen molar-refractivity contribution in [2.24, 2.45) is 0 Å². The highest BCUT2D eigenvalue weighted by Gasteiger charge is 2.15. The average molecular weight is 387 g/mol. The van der Waals surface area contributed by atoms with Crippen LogP contribution >= 0.6 is 11.3 Å². The van der Waals surface area contributed by atoms with Gasteiger partial charge in [-0.2, -0.15) is 11.3 Å². The molecule has 1 fully saturated rings. The Morgan fingerprint density at radius 3 is 2.59 bits per heavy atom. The summed E-state index contributed by atoms with van der Waals surface area (Å²) < 4.78 is 0. The molecule has 1 aromatic carbocycles. The number of amides is 2. The molecule has 0 atom stereocenters. The van der Waals surface area contributed by atoms with Crippen LogP contribution < -0.4 is 10.6 Å². The molecule has 2 heterocycles. The summed E-state index contributed by atoms with van der Waals surface area (Å²) in [5, 5.41) is 9.45. The van der Waals surface area contributed by atoms with Crippen molar-refractivity contribution in [2.75, 3.05) is 51.6 Å². The Balaban J connectivity index is 1.49. The number of rotatable bonds is 7. The van der Waals surface area contributed by atoms with Crippen LogP contribution in [0.2, 0.25) is 0 Å². The topological polar surface area (TPSA) is 64.7 Å². The first kappa shape index (κ1) is 19.5. The lowest BCUT2D eigenvalue weighted by atomic mass is 10.1. The van der Waals surface area contributed by atoms with E-state index in [4.69, 9.17) is 0 Å². The monoisotopic (exact) mass is 386 g/mol. The summed E-state index contributed by atoms with van der Waals surface area (Å²) >= 11 is 1.47. The molecule has 0 saturated carbocycles. The summed E-state index contributed by atoms with van der Waals surface area (Å²) in [5.74, 6) is -0.360. The van der Waals surface area contributed by atoms with Crippen LogP contribution in [0.1, 0.15) is 27.1 Å². The van der Waals surface area contributed by atoms with Gasteiger partial charge in [0.25, 0.3) is 11.8 Å². The van der Waals surface area contributed by atoms with E-state index in [2.05, 4.69) is 27.5 Å². The molecule has 0 unspecified atom stereocenters. The molecule has 2 N–H and O–H groups in total. The van der Waals surface area contributed by atoms with E-state index in [1.54, 1.807) is 29.6 Å². The molecule has 6 nitrogen and oxygen atoms in total. The van der Waals surface area contributed by atoms with Gasteiger partial charge in [0, 0.05) is 38.1 Å². The van der Waals surface area contributed by atoms with E-state index in [0.29, 0.717) is 23.4 Å². The quantitative estimate of drug-likeness (QED) is 0.717. The Hall–Kier alpha value is -2.22. The molecular formula is C20H26N4O2S. The number of nitrogens with one attached hydrogen (secondary N) is 2. The van der Waals surface area contributed by atoms with Gasteiger partial charge in [-0.05, 0) is 43.6 Å². The fourth-order valence-corrected chi connectivity index (χ4v) is 3.69. The van der Waals surface area contributed by atoms with Gasteiger partial charge in [0.15, 0.2) is 0 Å². The number of piperazine rings is 1. The Morgan fingerprint density at radius 2 is 1.85 bits per heavy atom. The lowest BCUT2D eigenvalue weighted by Crippen LogP contribution is -2.45. The van der Waals surface area contributed by atoms with E-state index in [-0.39, 0.29) is 11.8 Å². The SMILES string of the molecule is CN1CCN(CCCNC(=O)c2ccccc2NC(=O)c2ccsc2)CC1. The standard InChI is InChI=1S/C20H26N4O2S/c1-23-10-12-24(13-11-23)9-4-8-21-20(26)17-5-2-3-6-18(17)22-19(25)16-7-14-27-15-16/h2-3,5-7,14-15H,4,8-13H2,1H3,(H,21,26)(H,22,25). The van der Waals surface area contributed by atoms with Gasteiger partial charge in [-0.25, -0.2) is 0 Å². The van der Waals surface area contributed by atoms with Gasteiger partial charge in [0.2, 0.25) is 0 Å². The van der Waals surface area contributed by atoms with Gasteiger partial charge in [0.05, 0.1) is 16.8 Å². The van der Waals surface area contributed by atoms with Crippen molar-refractivity contribution < 1.29 is 9.59 Å². The summed E-state index contributed by atoms with van der Waals surface area (Å²) in [6.07, 6.45) is 0.916. The van der Waals surface area contributed by atoms with E-state index >= 15 is 0 Å². The molecule has 1 saturated heterocycles. The molecule has 0 aliphatic carbocycles. The summed E-state index contributed by atoms with van der Waals surface area (Å²) in [5.41, 5.74) is 1.62. The first-order valence-corrected chi connectivity index (χ1v) is 10.2. The zero-order valence-electron chi connectivity index (χ0n) is 15.6. The van der Waals surface area contributed by atoms with E-state index in [1.807, 2.05) is 11.4 Å². The van der Waals surface area contributed by atoms with Crippen LogP contribution in [0, 0.1) is 0 Å². The highest BCUT2D eigenvalue weighted by Crippen LogP contribution is 2.17. The zero-order valence-corrected chi connectivity index (χ0v) is 16.4. The van der Waals surface area contributed by atoms with Crippen LogP contribution in [0.15, 0.2) is 41.1 Å². The van der Waals surface area contributed by atoms with Crippen molar-refractivity contribution in [3.8, 4) is 0 Å². The molecule has 2 aromatic rings. The Morgan fingerprint density at radius 1 is 1.07 bits per heavy atom. The molecule has 1 aromatic heterocycles. The number of anilines is 1. The molecule has 144 valence electrons. The Bertz CT molecular complexity index is 755. The van der Waals surface area contributed by atoms with E-state index in [1.165, 1.54) is 11.3 Å². The maximum atomic E-state index is 12.5. The zero-order chi connectivity index (χ0) is 19.1. The summed E-state index contributed by atoms with van der Waals surface area (Å²) in [7, 11) is 2.15. The minimum Gasteiger partial charge on any atom is -0.352 e. The summed E-state index contributed by atoms with van der Waals surface area (Å²) in [6, 6.07) is 8.87. The Kier molecular flexibility index (Phi) is 6.98. The number of para-hydroxylation sites is 1. The molecule has 7 heteroatoms. The second-order valence-corrected chi connectivity index (χ2v) is 7.55. The molecule has 0 radical (unpaired) electrons. The van der Waals surface area contributed by atoms with Crippen molar-refractivity contribution in [2.45, 2.75) is 6.42 Å². The number of benzene rings is 1. The average Bonchev–Trinajstić information content (AvgIpc) is 3.22. The van der Waals surface area contributed by atoms with Crippen molar-refractivity contribution in [3.05, 3.63) is 52.2 Å². The van der Waals surface area contributed by atoms with Crippen molar-refractivity contribution in [1.82, 2.24) is 15.1 Å². The maximum absolute atomic E-state index is 12.5. The number of hydrogen-bond acceptors (Lipinski definition) is 5. The fourth-order valence-electron chi connectivity index (χ4n) is 3.05. The highest BCUT2D eigenvalue weighted by atomic mass is 32.1. The summed E-state index contributed by atoms with van der Waals surface area (Å²) in [4.78, 5) is 29.6. The maximum Gasteiger partial charge on any atom is 0.256 e. The minimum absolute atomic E-state index is 0.158. The third-order valence-corrected chi connectivity index (χ3v) is 5.42. The van der Waals surface area contributed by atoms with Gasteiger partial charge in [-0.15, -0.1) is 0 Å². The molecule has 3 rings (SSSR count). The predicted molar refractivity (Wildman–Crippen MR) is 110 cm³/mol. The van der Waals surface area contributed by atoms with E-state index < -0.39 is 0 Å². The Labute approximate surface area is 164 Å². The van der Waals surface area contributed by atoms with Gasteiger partial charge < -0.3 is 20.4 Å². The smallest absolute Gasteiger partial charge is 0.256 e. The van der Waals surface area contributed by atoms with Crippen molar-refractivity contribution in [3.63, 3.8) is 0 Å². The predicted octanol–water partition coefficient (Wildman–Crippen LogP) is 2.37. The number of thiophene rings is 1. The number of likely N-dealkylation sites (N-methyl/N-ethyl adjacent to an activating group) is 1. The molecule has 1 aliphatic heterocycles.